The van der Waals surface area contributed by atoms with Gasteiger partial charge in [-0.1, -0.05) is 13.0 Å². The summed E-state index contributed by atoms with van der Waals surface area (Å²) in [6.45, 7) is 3.41. The van der Waals surface area contributed by atoms with Crippen LogP contribution in [0.3, 0.4) is 0 Å². The number of amides is 1. The fourth-order valence-corrected chi connectivity index (χ4v) is 3.02. The molecule has 1 amide bonds. The van der Waals surface area contributed by atoms with Gasteiger partial charge in [0.25, 0.3) is 5.91 Å². The third-order valence-corrected chi connectivity index (χ3v) is 4.15. The second-order valence-electron chi connectivity index (χ2n) is 5.84. The molecule has 0 saturated carbocycles. The van der Waals surface area contributed by atoms with Gasteiger partial charge in [-0.25, -0.2) is 0 Å². The van der Waals surface area contributed by atoms with Crippen molar-refractivity contribution in [1.29, 1.82) is 0 Å². The van der Waals surface area contributed by atoms with E-state index in [1.165, 1.54) is 0 Å². The van der Waals surface area contributed by atoms with Crippen molar-refractivity contribution in [2.75, 3.05) is 19.6 Å². The zero-order valence-corrected chi connectivity index (χ0v) is 13.7. The van der Waals surface area contributed by atoms with E-state index in [1.54, 1.807) is 11.0 Å². The number of aldehydes is 1. The Morgan fingerprint density at radius 2 is 1.85 bits per heavy atom. The molecule has 4 nitrogen and oxygen atoms in total. The molecular formula is C16H16F6N2O2. The first kappa shape index (κ1) is 20.2. The van der Waals surface area contributed by atoms with E-state index >= 15 is 0 Å². The minimum Gasteiger partial charge on any atom is -0.329 e. The Kier molecular flexibility index (Phi) is 5.64. The Morgan fingerprint density at radius 3 is 2.35 bits per heavy atom. The number of aryl methyl sites for hydroxylation is 1. The highest BCUT2D eigenvalue weighted by molar-refractivity contribution is 6.01. The molecule has 2 heterocycles. The molecule has 3 rings (SSSR count). The topological polar surface area (TPSA) is 49.4 Å². The lowest BCUT2D eigenvalue weighted by Crippen LogP contribution is -2.44. The van der Waals surface area contributed by atoms with Gasteiger partial charge in [0.15, 0.2) is 0 Å². The van der Waals surface area contributed by atoms with Crippen LogP contribution in [0.25, 0.3) is 0 Å². The zero-order valence-electron chi connectivity index (χ0n) is 13.7. The Balaban J connectivity index is 0.000000352. The van der Waals surface area contributed by atoms with Gasteiger partial charge in [-0.2, -0.15) is 26.3 Å². The van der Waals surface area contributed by atoms with Crippen molar-refractivity contribution in [2.45, 2.75) is 31.7 Å². The number of benzene rings is 1. The van der Waals surface area contributed by atoms with E-state index < -0.39 is 30.1 Å². The standard InChI is InChI=1S/C14H15F3N2O.C2HF3O/c1-2-8-5-9-11-7-18-3-4-19(11)13(20)12(9)10(6-8)14(15,16)17;3-2(4,5)1-6/h5-6,11,18H,2-4,7H2,1H3;1H/t11-;/m0./s1. The van der Waals surface area contributed by atoms with Crippen molar-refractivity contribution >= 4 is 12.2 Å². The highest BCUT2D eigenvalue weighted by Crippen LogP contribution is 2.42. The number of nitrogens with zero attached hydrogens (tertiary/aromatic N) is 1. The summed E-state index contributed by atoms with van der Waals surface area (Å²) < 4.78 is 70.9. The van der Waals surface area contributed by atoms with Gasteiger partial charge in [-0.3, -0.25) is 9.59 Å². The summed E-state index contributed by atoms with van der Waals surface area (Å²) in [6, 6.07) is 2.60. The number of halogens is 6. The van der Waals surface area contributed by atoms with Crippen LogP contribution < -0.4 is 5.32 Å². The first-order valence-corrected chi connectivity index (χ1v) is 7.78. The van der Waals surface area contributed by atoms with E-state index in [4.69, 9.17) is 4.79 Å². The third kappa shape index (κ3) is 4.17. The summed E-state index contributed by atoms with van der Waals surface area (Å²) >= 11 is 0. The summed E-state index contributed by atoms with van der Waals surface area (Å²) in [5, 5.41) is 3.14. The molecule has 1 fully saturated rings. The van der Waals surface area contributed by atoms with Gasteiger partial charge in [0.2, 0.25) is 6.29 Å². The maximum atomic E-state index is 13.2. The summed E-state index contributed by atoms with van der Waals surface area (Å²) in [7, 11) is 0. The van der Waals surface area contributed by atoms with Crippen molar-refractivity contribution in [2.24, 2.45) is 0 Å². The minimum atomic E-state index is -4.64. The Hall–Kier alpha value is -2.10. The SMILES string of the molecule is CCc1cc2c(c(C(F)(F)F)c1)C(=O)N1CCNC[C@@H]21.O=CC(F)(F)F. The van der Waals surface area contributed by atoms with E-state index in [-0.39, 0.29) is 11.6 Å². The molecule has 26 heavy (non-hydrogen) atoms. The van der Waals surface area contributed by atoms with E-state index in [0.29, 0.717) is 37.2 Å². The van der Waals surface area contributed by atoms with Crippen LogP contribution in [0.2, 0.25) is 0 Å². The van der Waals surface area contributed by atoms with Crippen molar-refractivity contribution in [3.8, 4) is 0 Å². The van der Waals surface area contributed by atoms with Gasteiger partial charge in [-0.15, -0.1) is 0 Å². The number of fused-ring (bicyclic) bond motifs is 3. The molecule has 1 aromatic carbocycles. The smallest absolute Gasteiger partial charge is 0.329 e. The molecule has 1 N–H and O–H groups in total. The number of rotatable bonds is 1. The van der Waals surface area contributed by atoms with Crippen LogP contribution >= 0.6 is 0 Å². The number of carbonyl (C=O) groups is 2. The fourth-order valence-electron chi connectivity index (χ4n) is 3.02. The Morgan fingerprint density at radius 1 is 1.23 bits per heavy atom. The highest BCUT2D eigenvalue weighted by Gasteiger charge is 2.45. The van der Waals surface area contributed by atoms with Gasteiger partial charge in [-0.05, 0) is 23.6 Å². The lowest BCUT2D eigenvalue weighted by molar-refractivity contribution is -0.156. The lowest BCUT2D eigenvalue weighted by Gasteiger charge is -2.30. The number of carbonyl (C=O) groups excluding carboxylic acids is 2. The van der Waals surface area contributed by atoms with Crippen molar-refractivity contribution in [3.05, 3.63) is 34.4 Å². The van der Waals surface area contributed by atoms with Gasteiger partial charge in [0, 0.05) is 19.6 Å². The summed E-state index contributed by atoms with van der Waals surface area (Å²) in [6.07, 6.45) is -9.68. The minimum absolute atomic E-state index is 0.150. The molecule has 10 heteroatoms. The number of hydrogen-bond donors (Lipinski definition) is 1. The average molecular weight is 382 g/mol. The fraction of sp³-hybridized carbons (Fsp3) is 0.500. The predicted octanol–water partition coefficient (Wildman–Crippen LogP) is 3.12. The molecule has 0 spiro atoms. The summed E-state index contributed by atoms with van der Waals surface area (Å²) in [5.41, 5.74) is 0.208. The Bertz CT molecular complexity index is 699. The van der Waals surface area contributed by atoms with Crippen molar-refractivity contribution in [1.82, 2.24) is 10.2 Å². The van der Waals surface area contributed by atoms with Gasteiger partial charge < -0.3 is 10.2 Å². The number of alkyl halides is 6. The zero-order chi connectivity index (χ0) is 19.7. The number of hydrogen-bond acceptors (Lipinski definition) is 3. The monoisotopic (exact) mass is 382 g/mol. The van der Waals surface area contributed by atoms with Gasteiger partial charge in [0.1, 0.15) is 0 Å². The van der Waals surface area contributed by atoms with E-state index in [0.717, 1.165) is 6.07 Å². The van der Waals surface area contributed by atoms with Crippen LogP contribution in [-0.4, -0.2) is 42.9 Å². The molecule has 0 unspecified atom stereocenters. The normalized spacial score (nSPS) is 19.4. The van der Waals surface area contributed by atoms with Gasteiger partial charge in [0.05, 0.1) is 17.2 Å². The first-order valence-electron chi connectivity index (χ1n) is 7.78. The lowest BCUT2D eigenvalue weighted by atomic mass is 9.94. The average Bonchev–Trinajstić information content (AvgIpc) is 2.86. The third-order valence-electron chi connectivity index (χ3n) is 4.15. The molecule has 2 aliphatic heterocycles. The molecule has 144 valence electrons. The van der Waals surface area contributed by atoms with Crippen LogP contribution in [0.5, 0.6) is 0 Å². The second kappa shape index (κ2) is 7.26. The van der Waals surface area contributed by atoms with Crippen LogP contribution in [-0.2, 0) is 17.4 Å². The predicted molar refractivity (Wildman–Crippen MR) is 79.6 cm³/mol. The van der Waals surface area contributed by atoms with Crippen molar-refractivity contribution in [3.63, 3.8) is 0 Å². The van der Waals surface area contributed by atoms with Crippen molar-refractivity contribution < 1.29 is 35.9 Å². The quantitative estimate of drug-likeness (QED) is 0.600. The van der Waals surface area contributed by atoms with Crippen LogP contribution in [0.4, 0.5) is 26.3 Å². The van der Waals surface area contributed by atoms with Crippen LogP contribution in [0.15, 0.2) is 12.1 Å². The molecule has 0 aromatic heterocycles. The van der Waals surface area contributed by atoms with Gasteiger partial charge >= 0.3 is 12.4 Å². The Labute approximate surface area is 145 Å². The van der Waals surface area contributed by atoms with E-state index in [9.17, 15) is 31.1 Å². The maximum absolute atomic E-state index is 13.2. The second-order valence-corrected chi connectivity index (χ2v) is 5.84. The van der Waals surface area contributed by atoms with Crippen LogP contribution in [0.1, 0.15) is 40.0 Å². The largest absolute Gasteiger partial charge is 0.446 e. The maximum Gasteiger partial charge on any atom is 0.446 e. The first-order chi connectivity index (χ1) is 12.0. The molecule has 1 atom stereocenters. The highest BCUT2D eigenvalue weighted by atomic mass is 19.4. The summed E-state index contributed by atoms with van der Waals surface area (Å²) in [4.78, 5) is 22.5. The summed E-state index contributed by atoms with van der Waals surface area (Å²) in [5.74, 6) is -0.485. The molecule has 0 radical (unpaired) electrons. The molecule has 0 bridgehead atoms. The molecule has 0 aliphatic carbocycles. The number of nitrogens with one attached hydrogen (secondary N) is 1. The number of piperazine rings is 1. The van der Waals surface area contributed by atoms with E-state index in [1.807, 2.05) is 6.92 Å². The van der Waals surface area contributed by atoms with E-state index in [2.05, 4.69) is 5.32 Å². The van der Waals surface area contributed by atoms with Crippen LogP contribution in [0, 0.1) is 0 Å². The molecule has 1 saturated heterocycles. The molecule has 1 aromatic rings. The molecular weight excluding hydrogens is 366 g/mol. The molecule has 2 aliphatic rings.